The van der Waals surface area contributed by atoms with Gasteiger partial charge in [0, 0.05) is 37.5 Å². The predicted molar refractivity (Wildman–Crippen MR) is 242 cm³/mol. The number of aliphatic hydroxyl groups excluding tert-OH is 23. The molecule has 9 aliphatic heterocycles. The van der Waals surface area contributed by atoms with E-state index in [2.05, 4.69) is 10.0 Å². The summed E-state index contributed by atoms with van der Waals surface area (Å²) >= 11 is 0. The molecule has 0 radical (unpaired) electrons. The molecule has 23 N–H and O–H groups in total. The van der Waals surface area contributed by atoms with E-state index in [4.69, 9.17) is 57.6 Å². The molecule has 0 aromatic rings. The van der Waals surface area contributed by atoms with E-state index in [9.17, 15) is 117 Å². The number of fused-ring (bicyclic) bond motifs is 4. The Hall–Kier alpha value is -3.79. The first-order valence-corrected chi connectivity index (χ1v) is 24.2. The van der Waals surface area contributed by atoms with Crippen molar-refractivity contribution in [2.24, 2.45) is 5.11 Å². The molecule has 9 rings (SSSR count). The molecule has 0 spiro atoms. The Balaban J connectivity index is 1.54. The van der Waals surface area contributed by atoms with Crippen LogP contribution in [0, 0.1) is 0 Å². The van der Waals surface area contributed by atoms with Gasteiger partial charge >= 0.3 is 0 Å². The highest BCUT2D eigenvalue weighted by Crippen LogP contribution is 2.36. The van der Waals surface area contributed by atoms with Crippen LogP contribution in [0.25, 0.3) is 10.4 Å². The van der Waals surface area contributed by atoms with Gasteiger partial charge in [-0.25, -0.2) is 0 Å². The zero-order chi connectivity index (χ0) is 58.7. The molecule has 0 saturated carbocycles. The summed E-state index contributed by atoms with van der Waals surface area (Å²) in [5, 5.41) is 252. The van der Waals surface area contributed by atoms with Crippen LogP contribution in [0.5, 0.6) is 0 Å². The minimum atomic E-state index is -2.79. The van der Waals surface area contributed by atoms with Gasteiger partial charge in [-0.3, -0.25) is 0 Å². The average molecular weight is 1160 g/mol. The van der Waals surface area contributed by atoms with E-state index in [1.165, 1.54) is 0 Å². The van der Waals surface area contributed by atoms with E-state index < -0.39 is 260 Å². The van der Waals surface area contributed by atoms with Gasteiger partial charge in [-0.15, -0.1) is 0 Å². The molecule has 9 aliphatic rings. The van der Waals surface area contributed by atoms with Gasteiger partial charge in [0.15, 0.2) is 59.7 Å². The summed E-state index contributed by atoms with van der Waals surface area (Å²) < 4.78 is 60.1. The van der Waals surface area contributed by atoms with Crippen molar-refractivity contribution in [1.82, 2.24) is 0 Å². The smallest absolute Gasteiger partial charge is 0.218 e. The van der Waals surface area contributed by atoms with Crippen LogP contribution in [0.4, 0.5) is 0 Å². The monoisotopic (exact) mass is 1160 g/mol. The first-order chi connectivity index (χ1) is 37.4. The maximum Gasteiger partial charge on any atom is 0.218 e. The van der Waals surface area contributed by atoms with Crippen LogP contribution >= 0.6 is 0 Å². The lowest BCUT2D eigenvalue weighted by Crippen LogP contribution is -2.67. The Kier molecular flexibility index (Phi) is 25.0. The van der Waals surface area contributed by atoms with Gasteiger partial charge in [-0.2, -0.15) is 0 Å². The number of rotatable bonds is 11. The number of hydrogen-bond acceptors (Lipinski definition) is 35. The highest BCUT2D eigenvalue weighted by atomic mass is 16.8. The van der Waals surface area contributed by atoms with Crippen LogP contribution in [-0.2, 0) is 52.1 Å². The summed E-state index contributed by atoms with van der Waals surface area (Å²) in [4.78, 5) is 2.55. The normalized spacial score (nSPS) is 46.8. The van der Waals surface area contributed by atoms with Crippen molar-refractivity contribution in [1.29, 1.82) is 0 Å². The van der Waals surface area contributed by atoms with Gasteiger partial charge in [-0.1, -0.05) is 5.11 Å². The highest BCUT2D eigenvalue weighted by molar-refractivity contribution is 5.12. The highest BCUT2D eigenvalue weighted by Gasteiger charge is 2.55. The maximum atomic E-state index is 11.3. The summed E-state index contributed by atoms with van der Waals surface area (Å²) in [6.45, 7) is -6.96. The first kappa shape index (κ1) is 66.0. The zero-order valence-electron chi connectivity index (χ0n) is 41.2. The van der Waals surface area contributed by atoms with Gasteiger partial charge < -0.3 is 170 Å². The molecular formula is C42H69N3O34. The van der Waals surface area contributed by atoms with Crippen LogP contribution in [0.1, 0.15) is 19.3 Å². The van der Waals surface area contributed by atoms with Crippen LogP contribution in [0.15, 0.2) is 39.7 Å². The van der Waals surface area contributed by atoms with Crippen LogP contribution in [0.2, 0.25) is 0 Å². The molecule has 0 aliphatic carbocycles. The molecule has 26 atom stereocenters. The Bertz CT molecular complexity index is 2050. The van der Waals surface area contributed by atoms with Crippen LogP contribution in [-0.4, -0.2) is 324 Å². The summed E-state index contributed by atoms with van der Waals surface area (Å²) in [6, 6.07) is 0. The molecule has 9 heterocycles. The molecule has 37 nitrogen and oxygen atoms in total. The lowest BCUT2D eigenvalue weighted by Gasteiger charge is -2.48. The summed E-state index contributed by atoms with van der Waals surface area (Å²) in [6.07, 6.45) is -59.1. The van der Waals surface area contributed by atoms with Gasteiger partial charge in [0.05, 0.1) is 26.4 Å². The molecule has 8 bridgehead atoms. The van der Waals surface area contributed by atoms with Crippen molar-refractivity contribution in [2.75, 3.05) is 46.2 Å². The Morgan fingerprint density at radius 2 is 0.595 bits per heavy atom. The molecule has 0 amide bonds. The molecule has 0 aromatic heterocycles. The minimum Gasteiger partial charge on any atom is -0.506 e. The third kappa shape index (κ3) is 15.3. The average Bonchev–Trinajstić information content (AvgIpc) is 3.48. The molecule has 4 saturated heterocycles. The lowest BCUT2D eigenvalue weighted by molar-refractivity contribution is -0.383. The molecule has 456 valence electrons. The van der Waals surface area contributed by atoms with E-state index in [0.717, 1.165) is 0 Å². The maximum absolute atomic E-state index is 11.3. The minimum absolute atomic E-state index is 0.573. The zero-order valence-corrected chi connectivity index (χ0v) is 41.2. The van der Waals surface area contributed by atoms with Crippen molar-refractivity contribution in [3.63, 3.8) is 0 Å². The van der Waals surface area contributed by atoms with Gasteiger partial charge in [0.25, 0.3) is 0 Å². The fourth-order valence-corrected chi connectivity index (χ4v) is 8.75. The lowest BCUT2D eigenvalue weighted by atomic mass is 9.96. The summed E-state index contributed by atoms with van der Waals surface area (Å²) in [5.74, 6) is -9.02. The number of hydrogen-bond donors (Lipinski definition) is 23. The van der Waals surface area contributed by atoms with E-state index in [0.29, 0.717) is 0 Å². The molecule has 4 fully saturated rings. The second-order valence-electron chi connectivity index (χ2n) is 18.2. The molecule has 37 heteroatoms. The van der Waals surface area contributed by atoms with Gasteiger partial charge in [0.1, 0.15) is 116 Å². The third-order valence-corrected chi connectivity index (χ3v) is 13.1. The SMILES string of the molecule is [N-]=[N+]=NCCC1OC2OC(CO)C(OC3OC(CO)C(OC4OC(CO)C(OC(O)/C(O)=C(/O)C(CCO)OC(O)/C(O)=C(/O)C(CCO)OC5OC(CO)C(OC(O)/C(O)=C/1O)C(O)C5O)C(O)C4O)C(O)C3O)C(O)C2O. The Morgan fingerprint density at radius 1 is 0.329 bits per heavy atom. The van der Waals surface area contributed by atoms with Crippen LogP contribution in [0.3, 0.4) is 0 Å². The second kappa shape index (κ2) is 30.0. The topological polar surface area (TPSA) is 616 Å². The Labute approximate surface area is 444 Å². The van der Waals surface area contributed by atoms with Crippen molar-refractivity contribution < 1.29 is 170 Å². The van der Waals surface area contributed by atoms with E-state index >= 15 is 0 Å². The number of azide groups is 1. The fraction of sp³-hybridized carbons (Fsp3) is 0.857. The Morgan fingerprint density at radius 3 is 0.886 bits per heavy atom. The van der Waals surface area contributed by atoms with E-state index in [-0.39, 0.29) is 0 Å². The van der Waals surface area contributed by atoms with Gasteiger partial charge in [0.2, 0.25) is 18.9 Å². The van der Waals surface area contributed by atoms with E-state index in [1.54, 1.807) is 0 Å². The van der Waals surface area contributed by atoms with Crippen molar-refractivity contribution in [2.45, 2.75) is 179 Å². The molecule has 26 unspecified atom stereocenters. The van der Waals surface area contributed by atoms with Gasteiger partial charge in [-0.05, 0) is 12.0 Å². The predicted octanol–water partition coefficient (Wildman–Crippen LogP) is -9.14. The molecule has 0 aromatic carbocycles. The molecular weight excluding hydrogens is 1090 g/mol. The standard InChI is InChI=1S/C42H69N3O34/c43-45-44-4-1-11-18(52)26(60)37(67)76-32-14(7-48)72-40(28(62)21(32)55)71-13(3-6-47)20(54)25(59)36(66)69-12(2-5-46)19(53)27(61)38(68)77-33-15(8-49)74-41(30(64)22(33)56)79-35-17(10-51)75-42(31(65)24(35)58)78-34-16(9-50)73-39(70-11)29(63)23(34)57/h11-17,21-24,28-42,46-68H,1-10H2/b25-20-,26-18+,27-19-. The summed E-state index contributed by atoms with van der Waals surface area (Å²) in [7, 11) is 0. The summed E-state index contributed by atoms with van der Waals surface area (Å²) in [5.41, 5.74) is 8.90. The third-order valence-electron chi connectivity index (χ3n) is 13.1. The fourth-order valence-electron chi connectivity index (χ4n) is 8.75. The van der Waals surface area contributed by atoms with Crippen molar-refractivity contribution in [3.8, 4) is 0 Å². The second-order valence-corrected chi connectivity index (χ2v) is 18.2. The van der Waals surface area contributed by atoms with Crippen molar-refractivity contribution >= 4 is 0 Å². The molecule has 79 heavy (non-hydrogen) atoms. The van der Waals surface area contributed by atoms with E-state index in [1.807, 2.05) is 0 Å². The van der Waals surface area contributed by atoms with Crippen molar-refractivity contribution in [3.05, 3.63) is 45.0 Å². The quantitative estimate of drug-likeness (QED) is 0.0519. The largest absolute Gasteiger partial charge is 0.506 e. The number of ether oxygens (including phenoxy) is 11. The number of nitrogens with zero attached hydrogens (tertiary/aromatic N) is 3. The first-order valence-electron chi connectivity index (χ1n) is 24.2. The van der Waals surface area contributed by atoms with Crippen LogP contribution < -0.4 is 0 Å². The number of aliphatic hydroxyl groups is 23.